The molecule has 0 aliphatic heterocycles. The van der Waals surface area contributed by atoms with Gasteiger partial charge < -0.3 is 19.9 Å². The predicted molar refractivity (Wildman–Crippen MR) is 107 cm³/mol. The number of pyridine rings is 1. The zero-order chi connectivity index (χ0) is 19.4. The molecule has 0 aliphatic rings. The molecule has 3 aromatic rings. The van der Waals surface area contributed by atoms with E-state index in [9.17, 15) is 9.59 Å². The van der Waals surface area contributed by atoms with Gasteiger partial charge in [0.05, 0.1) is 12.8 Å². The van der Waals surface area contributed by atoms with Crippen LogP contribution in [0.25, 0.3) is 10.9 Å². The third-order valence-corrected chi connectivity index (χ3v) is 4.46. The summed E-state index contributed by atoms with van der Waals surface area (Å²) in [4.78, 5) is 29.3. The Kier molecular flexibility index (Phi) is 5.45. The normalized spacial score (nSPS) is 10.6. The molecule has 2 aromatic carbocycles. The number of fused-ring (bicyclic) bond motifs is 1. The lowest BCUT2D eigenvalue weighted by atomic mass is 10.1. The van der Waals surface area contributed by atoms with E-state index in [0.29, 0.717) is 24.5 Å². The number of carbonyl (C=O) groups is 1. The third-order valence-electron chi connectivity index (χ3n) is 4.46. The molecule has 140 valence electrons. The molecule has 1 heterocycles. The van der Waals surface area contributed by atoms with E-state index < -0.39 is 0 Å². The average Bonchev–Trinajstić information content (AvgIpc) is 2.65. The maximum atomic E-state index is 12.8. The number of nitrogens with zero attached hydrogens (tertiary/aromatic N) is 1. The second-order valence-electron chi connectivity index (χ2n) is 6.35. The molecule has 2 N–H and O–H groups in total. The first-order chi connectivity index (χ1) is 13.0. The first kappa shape index (κ1) is 18.5. The third kappa shape index (κ3) is 4.11. The lowest BCUT2D eigenvalue weighted by molar-refractivity contribution is 0.212. The van der Waals surface area contributed by atoms with Gasteiger partial charge in [-0.1, -0.05) is 24.3 Å². The second-order valence-corrected chi connectivity index (χ2v) is 6.35. The number of para-hydroxylation sites is 1. The van der Waals surface area contributed by atoms with E-state index in [1.807, 2.05) is 56.3 Å². The molecular weight excluding hydrogens is 342 g/mol. The monoisotopic (exact) mass is 365 g/mol. The summed E-state index contributed by atoms with van der Waals surface area (Å²) in [5.41, 5.74) is 3.03. The Labute approximate surface area is 157 Å². The van der Waals surface area contributed by atoms with Crippen molar-refractivity contribution in [2.75, 3.05) is 19.0 Å². The predicted octanol–water partition coefficient (Wildman–Crippen LogP) is 3.90. The second kappa shape index (κ2) is 7.95. The summed E-state index contributed by atoms with van der Waals surface area (Å²) in [6.45, 7) is 4.69. The van der Waals surface area contributed by atoms with Crippen LogP contribution in [0.15, 0.2) is 53.3 Å². The lowest BCUT2D eigenvalue weighted by Crippen LogP contribution is -2.34. The molecule has 1 aromatic heterocycles. The Morgan fingerprint density at radius 3 is 2.70 bits per heavy atom. The van der Waals surface area contributed by atoms with Gasteiger partial charge in [-0.3, -0.25) is 4.79 Å². The van der Waals surface area contributed by atoms with E-state index in [1.54, 1.807) is 18.1 Å². The number of rotatable bonds is 5. The number of H-pyrrole nitrogens is 1. The summed E-state index contributed by atoms with van der Waals surface area (Å²) >= 11 is 0. The maximum Gasteiger partial charge on any atom is 0.322 e. The van der Waals surface area contributed by atoms with Crippen LogP contribution in [0.5, 0.6) is 5.75 Å². The quantitative estimate of drug-likeness (QED) is 0.720. The van der Waals surface area contributed by atoms with Crippen molar-refractivity contribution in [1.82, 2.24) is 9.88 Å². The van der Waals surface area contributed by atoms with E-state index in [2.05, 4.69) is 10.3 Å². The first-order valence-electron chi connectivity index (χ1n) is 8.83. The highest BCUT2D eigenvalue weighted by atomic mass is 16.5. The topological polar surface area (TPSA) is 74.4 Å². The highest BCUT2D eigenvalue weighted by Crippen LogP contribution is 2.26. The van der Waals surface area contributed by atoms with Gasteiger partial charge in [0.15, 0.2) is 0 Å². The molecule has 3 rings (SSSR count). The zero-order valence-electron chi connectivity index (χ0n) is 15.7. The SMILES string of the molecule is CCN(Cc1cc(=O)[nH]c2ccccc12)C(=O)Nc1cc(C)ccc1OC. The number of anilines is 1. The van der Waals surface area contributed by atoms with Crippen LogP contribution in [-0.2, 0) is 6.54 Å². The molecule has 0 aliphatic carbocycles. The molecule has 0 radical (unpaired) electrons. The molecule has 0 fully saturated rings. The van der Waals surface area contributed by atoms with Gasteiger partial charge >= 0.3 is 6.03 Å². The Bertz CT molecular complexity index is 1030. The number of aryl methyl sites for hydroxylation is 1. The van der Waals surface area contributed by atoms with Crippen LogP contribution in [0.4, 0.5) is 10.5 Å². The minimum absolute atomic E-state index is 0.180. The molecule has 0 saturated carbocycles. The fraction of sp³-hybridized carbons (Fsp3) is 0.238. The van der Waals surface area contributed by atoms with Gasteiger partial charge in [-0.15, -0.1) is 0 Å². The molecule has 0 atom stereocenters. The smallest absolute Gasteiger partial charge is 0.322 e. The van der Waals surface area contributed by atoms with Crippen molar-refractivity contribution >= 4 is 22.6 Å². The van der Waals surface area contributed by atoms with E-state index in [0.717, 1.165) is 22.0 Å². The van der Waals surface area contributed by atoms with Gasteiger partial charge in [0.1, 0.15) is 5.75 Å². The number of hydrogen-bond acceptors (Lipinski definition) is 3. The van der Waals surface area contributed by atoms with Gasteiger partial charge in [0.2, 0.25) is 5.56 Å². The fourth-order valence-electron chi connectivity index (χ4n) is 3.05. The van der Waals surface area contributed by atoms with Crippen LogP contribution >= 0.6 is 0 Å². The van der Waals surface area contributed by atoms with Gasteiger partial charge in [-0.2, -0.15) is 0 Å². The van der Waals surface area contributed by atoms with Crippen molar-refractivity contribution < 1.29 is 9.53 Å². The Morgan fingerprint density at radius 2 is 1.96 bits per heavy atom. The first-order valence-corrected chi connectivity index (χ1v) is 8.83. The summed E-state index contributed by atoms with van der Waals surface area (Å²) in [5, 5.41) is 3.84. The van der Waals surface area contributed by atoms with Crippen LogP contribution in [-0.4, -0.2) is 29.6 Å². The number of aromatic amines is 1. The van der Waals surface area contributed by atoms with Gasteiger partial charge in [0.25, 0.3) is 0 Å². The summed E-state index contributed by atoms with van der Waals surface area (Å²) < 4.78 is 5.33. The van der Waals surface area contributed by atoms with Crippen molar-refractivity contribution in [2.45, 2.75) is 20.4 Å². The van der Waals surface area contributed by atoms with Crippen LogP contribution in [0, 0.1) is 6.92 Å². The number of amides is 2. The highest BCUT2D eigenvalue weighted by molar-refractivity contribution is 5.91. The summed E-state index contributed by atoms with van der Waals surface area (Å²) in [6, 6.07) is 14.5. The average molecular weight is 365 g/mol. The molecule has 0 spiro atoms. The minimum atomic E-state index is -0.245. The Morgan fingerprint density at radius 1 is 1.19 bits per heavy atom. The molecule has 0 saturated heterocycles. The zero-order valence-corrected chi connectivity index (χ0v) is 15.7. The van der Waals surface area contributed by atoms with Crippen LogP contribution in [0.2, 0.25) is 0 Å². The standard InChI is InChI=1S/C21H23N3O3/c1-4-24(21(26)23-18-11-14(2)9-10-19(18)27-3)13-15-12-20(25)22-17-8-6-5-7-16(15)17/h5-12H,4,13H2,1-3H3,(H,22,25)(H,23,26). The van der Waals surface area contributed by atoms with Gasteiger partial charge in [-0.25, -0.2) is 4.79 Å². The summed E-state index contributed by atoms with van der Waals surface area (Å²) in [6.07, 6.45) is 0. The van der Waals surface area contributed by atoms with Crippen LogP contribution < -0.4 is 15.6 Å². The minimum Gasteiger partial charge on any atom is -0.495 e. The Hall–Kier alpha value is -3.28. The molecule has 0 unspecified atom stereocenters. The molecular formula is C21H23N3O3. The molecule has 2 amide bonds. The van der Waals surface area contributed by atoms with E-state index in [4.69, 9.17) is 4.74 Å². The van der Waals surface area contributed by atoms with Gasteiger partial charge in [0, 0.05) is 30.1 Å². The van der Waals surface area contributed by atoms with E-state index in [1.165, 1.54) is 0 Å². The number of nitrogens with one attached hydrogen (secondary N) is 2. The van der Waals surface area contributed by atoms with Crippen molar-refractivity contribution in [1.29, 1.82) is 0 Å². The highest BCUT2D eigenvalue weighted by Gasteiger charge is 2.16. The summed E-state index contributed by atoms with van der Waals surface area (Å²) in [5.74, 6) is 0.603. The molecule has 6 nitrogen and oxygen atoms in total. The fourth-order valence-corrected chi connectivity index (χ4v) is 3.05. The molecule has 6 heteroatoms. The van der Waals surface area contributed by atoms with Gasteiger partial charge in [-0.05, 0) is 43.2 Å². The van der Waals surface area contributed by atoms with Crippen molar-refractivity contribution in [3.05, 3.63) is 70.0 Å². The number of benzene rings is 2. The summed E-state index contributed by atoms with van der Waals surface area (Å²) in [7, 11) is 1.57. The van der Waals surface area contributed by atoms with Crippen molar-refractivity contribution in [2.24, 2.45) is 0 Å². The lowest BCUT2D eigenvalue weighted by Gasteiger charge is -2.23. The number of methoxy groups -OCH3 is 1. The number of hydrogen-bond donors (Lipinski definition) is 2. The largest absolute Gasteiger partial charge is 0.495 e. The number of ether oxygens (including phenoxy) is 1. The number of carbonyl (C=O) groups excluding carboxylic acids is 1. The van der Waals surface area contributed by atoms with Crippen molar-refractivity contribution in [3.63, 3.8) is 0 Å². The van der Waals surface area contributed by atoms with E-state index >= 15 is 0 Å². The van der Waals surface area contributed by atoms with E-state index in [-0.39, 0.29) is 11.6 Å². The molecule has 27 heavy (non-hydrogen) atoms. The number of urea groups is 1. The Balaban J connectivity index is 1.87. The van der Waals surface area contributed by atoms with Crippen LogP contribution in [0.3, 0.4) is 0 Å². The van der Waals surface area contributed by atoms with Crippen LogP contribution in [0.1, 0.15) is 18.1 Å². The van der Waals surface area contributed by atoms with Crippen molar-refractivity contribution in [3.8, 4) is 5.75 Å². The molecule has 0 bridgehead atoms. The number of aromatic nitrogens is 1. The maximum absolute atomic E-state index is 12.8.